The first kappa shape index (κ1) is 17.3. The van der Waals surface area contributed by atoms with Gasteiger partial charge in [0.15, 0.2) is 0 Å². The number of nitrogens with zero attached hydrogens (tertiary/aromatic N) is 1. The van der Waals surface area contributed by atoms with Crippen LogP contribution in [-0.2, 0) is 6.54 Å². The van der Waals surface area contributed by atoms with E-state index in [-0.39, 0.29) is 0 Å². The molecule has 1 fully saturated rings. The van der Waals surface area contributed by atoms with Crippen molar-refractivity contribution in [1.82, 2.24) is 10.2 Å². The highest BCUT2D eigenvalue weighted by molar-refractivity contribution is 5.33. The number of para-hydroxylation sites is 1. The minimum absolute atomic E-state index is 0.373. The number of hydrogen-bond acceptors (Lipinski definition) is 4. The molecule has 1 aromatic rings. The average Bonchev–Trinajstić information content (AvgIpc) is 2.92. The topological polar surface area (TPSA) is 44.7 Å². The van der Waals surface area contributed by atoms with Gasteiger partial charge in [0.05, 0.1) is 11.7 Å². The van der Waals surface area contributed by atoms with Gasteiger partial charge in [0.1, 0.15) is 5.75 Å². The Morgan fingerprint density at radius 3 is 2.64 bits per heavy atom. The zero-order valence-corrected chi connectivity index (χ0v) is 14.1. The van der Waals surface area contributed by atoms with E-state index in [4.69, 9.17) is 4.74 Å². The summed E-state index contributed by atoms with van der Waals surface area (Å²) in [7, 11) is 3.94. The molecule has 124 valence electrons. The molecule has 2 rings (SSSR count). The zero-order chi connectivity index (χ0) is 16.0. The van der Waals surface area contributed by atoms with Crippen molar-refractivity contribution in [3.63, 3.8) is 0 Å². The predicted molar refractivity (Wildman–Crippen MR) is 90.2 cm³/mol. The number of aliphatic hydroxyl groups is 1. The van der Waals surface area contributed by atoms with Crippen molar-refractivity contribution in [2.24, 2.45) is 0 Å². The van der Waals surface area contributed by atoms with Crippen molar-refractivity contribution in [3.05, 3.63) is 29.8 Å². The van der Waals surface area contributed by atoms with E-state index in [1.165, 1.54) is 25.7 Å². The van der Waals surface area contributed by atoms with Crippen LogP contribution < -0.4 is 10.1 Å². The summed E-state index contributed by atoms with van der Waals surface area (Å²) >= 11 is 0. The second kappa shape index (κ2) is 7.95. The molecule has 1 saturated carbocycles. The Morgan fingerprint density at radius 1 is 1.27 bits per heavy atom. The lowest BCUT2D eigenvalue weighted by Gasteiger charge is -2.27. The molecule has 0 aromatic heterocycles. The number of benzene rings is 1. The Bertz CT molecular complexity index is 454. The maximum absolute atomic E-state index is 10.3. The molecule has 1 atom stereocenters. The molecule has 0 amide bonds. The molecule has 4 heteroatoms. The molecular weight excluding hydrogens is 276 g/mol. The summed E-state index contributed by atoms with van der Waals surface area (Å²) in [6, 6.07) is 8.21. The quantitative estimate of drug-likeness (QED) is 0.774. The Morgan fingerprint density at radius 2 is 1.95 bits per heavy atom. The smallest absolute Gasteiger partial charge is 0.124 e. The Hall–Kier alpha value is -1.10. The first-order valence-corrected chi connectivity index (χ1v) is 8.29. The Labute approximate surface area is 134 Å². The van der Waals surface area contributed by atoms with Gasteiger partial charge in [-0.3, -0.25) is 0 Å². The van der Waals surface area contributed by atoms with E-state index in [0.717, 1.165) is 11.3 Å². The van der Waals surface area contributed by atoms with E-state index >= 15 is 0 Å². The summed E-state index contributed by atoms with van der Waals surface area (Å²) in [4.78, 5) is 2.00. The third kappa shape index (κ3) is 5.59. The average molecular weight is 306 g/mol. The third-order valence-electron chi connectivity index (χ3n) is 4.05. The van der Waals surface area contributed by atoms with Gasteiger partial charge in [0.25, 0.3) is 0 Å². The largest absolute Gasteiger partial charge is 0.490 e. The zero-order valence-electron chi connectivity index (χ0n) is 14.1. The number of nitrogens with one attached hydrogen (secondary N) is 1. The molecule has 0 bridgehead atoms. The number of likely N-dealkylation sites (N-methyl/N-ethyl adjacent to an activating group) is 1. The van der Waals surface area contributed by atoms with Crippen LogP contribution >= 0.6 is 0 Å². The predicted octanol–water partition coefficient (Wildman–Crippen LogP) is 2.41. The highest BCUT2D eigenvalue weighted by Crippen LogP contribution is 2.26. The van der Waals surface area contributed by atoms with E-state index in [0.29, 0.717) is 25.7 Å². The van der Waals surface area contributed by atoms with Gasteiger partial charge in [-0.15, -0.1) is 0 Å². The molecule has 0 radical (unpaired) electrons. The van der Waals surface area contributed by atoms with Crippen LogP contribution in [0.3, 0.4) is 0 Å². The van der Waals surface area contributed by atoms with Crippen LogP contribution in [0.4, 0.5) is 0 Å². The van der Waals surface area contributed by atoms with Gasteiger partial charge in [-0.2, -0.15) is 0 Å². The van der Waals surface area contributed by atoms with E-state index < -0.39 is 5.60 Å². The van der Waals surface area contributed by atoms with Crippen LogP contribution in [0.15, 0.2) is 24.3 Å². The molecular formula is C18H30N2O2. The molecule has 4 nitrogen and oxygen atoms in total. The summed E-state index contributed by atoms with van der Waals surface area (Å²) in [6.45, 7) is 3.77. The second-order valence-corrected chi connectivity index (χ2v) is 6.97. The standard InChI is InChI=1S/C18H30N2O2/c1-18(21,14-20(2)3)13-19-12-15-8-4-7-11-17(15)22-16-9-5-6-10-16/h4,7-8,11,16,19,21H,5-6,9-10,12-14H2,1-3H3. The number of ether oxygens (including phenoxy) is 1. The van der Waals surface area contributed by atoms with Gasteiger partial charge in [0.2, 0.25) is 0 Å². The van der Waals surface area contributed by atoms with Gasteiger partial charge in [-0.25, -0.2) is 0 Å². The first-order valence-electron chi connectivity index (χ1n) is 8.29. The van der Waals surface area contributed by atoms with Crippen molar-refractivity contribution < 1.29 is 9.84 Å². The third-order valence-corrected chi connectivity index (χ3v) is 4.05. The first-order chi connectivity index (χ1) is 10.5. The summed E-state index contributed by atoms with van der Waals surface area (Å²) in [5.41, 5.74) is 0.431. The van der Waals surface area contributed by atoms with Crippen LogP contribution in [0.25, 0.3) is 0 Å². The summed E-state index contributed by atoms with van der Waals surface area (Å²) in [6.07, 6.45) is 5.26. The van der Waals surface area contributed by atoms with Crippen LogP contribution in [0, 0.1) is 0 Å². The molecule has 22 heavy (non-hydrogen) atoms. The highest BCUT2D eigenvalue weighted by Gasteiger charge is 2.21. The number of hydrogen-bond donors (Lipinski definition) is 2. The van der Waals surface area contributed by atoms with E-state index in [1.807, 2.05) is 44.1 Å². The lowest BCUT2D eigenvalue weighted by molar-refractivity contribution is 0.0335. The molecule has 1 aromatic carbocycles. The number of rotatable bonds is 8. The molecule has 0 aliphatic heterocycles. The molecule has 0 heterocycles. The Kier molecular flexibility index (Phi) is 6.24. The SMILES string of the molecule is CN(C)CC(C)(O)CNCc1ccccc1OC1CCCC1. The van der Waals surface area contributed by atoms with Gasteiger partial charge in [-0.1, -0.05) is 18.2 Å². The van der Waals surface area contributed by atoms with Crippen molar-refractivity contribution in [2.75, 3.05) is 27.2 Å². The van der Waals surface area contributed by atoms with E-state index in [1.54, 1.807) is 0 Å². The van der Waals surface area contributed by atoms with Crippen molar-refractivity contribution >= 4 is 0 Å². The molecule has 1 aliphatic carbocycles. The van der Waals surface area contributed by atoms with Crippen molar-refractivity contribution in [1.29, 1.82) is 0 Å². The lowest BCUT2D eigenvalue weighted by Crippen LogP contribution is -2.45. The van der Waals surface area contributed by atoms with Gasteiger partial charge in [-0.05, 0) is 52.8 Å². The van der Waals surface area contributed by atoms with Crippen LogP contribution in [0.5, 0.6) is 5.75 Å². The molecule has 2 N–H and O–H groups in total. The van der Waals surface area contributed by atoms with Gasteiger partial charge in [0, 0.05) is 25.2 Å². The van der Waals surface area contributed by atoms with Gasteiger partial charge >= 0.3 is 0 Å². The molecule has 0 saturated heterocycles. The summed E-state index contributed by atoms with van der Waals surface area (Å²) < 4.78 is 6.14. The van der Waals surface area contributed by atoms with E-state index in [2.05, 4.69) is 11.4 Å². The maximum atomic E-state index is 10.3. The fourth-order valence-corrected chi connectivity index (χ4v) is 3.15. The fourth-order valence-electron chi connectivity index (χ4n) is 3.15. The van der Waals surface area contributed by atoms with Crippen molar-refractivity contribution in [2.45, 2.75) is 50.9 Å². The summed E-state index contributed by atoms with van der Waals surface area (Å²) in [5, 5.41) is 13.7. The highest BCUT2D eigenvalue weighted by atomic mass is 16.5. The summed E-state index contributed by atoms with van der Waals surface area (Å²) in [5.74, 6) is 0.981. The maximum Gasteiger partial charge on any atom is 0.124 e. The van der Waals surface area contributed by atoms with Crippen molar-refractivity contribution in [3.8, 4) is 5.75 Å². The Balaban J connectivity index is 1.87. The molecule has 0 spiro atoms. The normalized spacial score (nSPS) is 18.6. The monoisotopic (exact) mass is 306 g/mol. The second-order valence-electron chi connectivity index (χ2n) is 6.97. The van der Waals surface area contributed by atoms with Crippen LogP contribution in [-0.4, -0.2) is 48.9 Å². The lowest BCUT2D eigenvalue weighted by atomic mass is 10.1. The minimum Gasteiger partial charge on any atom is -0.490 e. The fraction of sp³-hybridized carbons (Fsp3) is 0.667. The molecule has 1 aliphatic rings. The van der Waals surface area contributed by atoms with Crippen LogP contribution in [0.1, 0.15) is 38.2 Å². The molecule has 1 unspecified atom stereocenters. The van der Waals surface area contributed by atoms with E-state index in [9.17, 15) is 5.11 Å². The van der Waals surface area contributed by atoms with Gasteiger partial charge < -0.3 is 20.1 Å². The van der Waals surface area contributed by atoms with Crippen LogP contribution in [0.2, 0.25) is 0 Å². The minimum atomic E-state index is -0.731.